The van der Waals surface area contributed by atoms with Gasteiger partial charge in [0.25, 0.3) is 10.0 Å². The van der Waals surface area contributed by atoms with Crippen LogP contribution in [0.25, 0.3) is 0 Å². The van der Waals surface area contributed by atoms with Crippen LogP contribution in [-0.2, 0) is 21.2 Å². The van der Waals surface area contributed by atoms with Gasteiger partial charge in [-0.25, -0.2) is 8.42 Å². The topological polar surface area (TPSA) is 75.7 Å². The largest absolute Gasteiger partial charge is 0.495 e. The summed E-state index contributed by atoms with van der Waals surface area (Å²) >= 11 is 6.07. The number of aryl methyl sites for hydroxylation is 2. The Morgan fingerprint density at radius 3 is 2.62 bits per heavy atom. The highest BCUT2D eigenvalue weighted by atomic mass is 35.5. The van der Waals surface area contributed by atoms with Crippen molar-refractivity contribution < 1.29 is 17.9 Å². The van der Waals surface area contributed by atoms with Crippen molar-refractivity contribution in [3.05, 3.63) is 46.5 Å². The van der Waals surface area contributed by atoms with Gasteiger partial charge in [0.2, 0.25) is 5.91 Å². The summed E-state index contributed by atoms with van der Waals surface area (Å²) in [5.41, 5.74) is 2.62. The van der Waals surface area contributed by atoms with Gasteiger partial charge in [-0.1, -0.05) is 11.6 Å². The second kappa shape index (κ2) is 6.81. The molecule has 0 atom stereocenters. The van der Waals surface area contributed by atoms with Crippen molar-refractivity contribution in [2.45, 2.75) is 24.7 Å². The molecule has 2 aromatic rings. The van der Waals surface area contributed by atoms with Gasteiger partial charge in [0.15, 0.2) is 0 Å². The number of benzene rings is 2. The first kappa shape index (κ1) is 18.5. The molecule has 1 N–H and O–H groups in total. The van der Waals surface area contributed by atoms with Crippen LogP contribution in [0.3, 0.4) is 0 Å². The van der Waals surface area contributed by atoms with Gasteiger partial charge in [-0.05, 0) is 48.7 Å². The van der Waals surface area contributed by atoms with Crippen molar-refractivity contribution in [3.8, 4) is 5.75 Å². The lowest BCUT2D eigenvalue weighted by molar-refractivity contribution is -0.118. The standard InChI is InChI=1S/C18H19ClN2O4S/c1-11-8-15(17(25-3)10-14(11)19)20-26(23,24)13-5-6-16-12(9-13)4-7-18(22)21(16)2/h5-6,8-10,20H,4,7H2,1-3H3. The van der Waals surface area contributed by atoms with E-state index in [1.807, 2.05) is 0 Å². The van der Waals surface area contributed by atoms with Gasteiger partial charge in [-0.2, -0.15) is 0 Å². The number of nitrogens with one attached hydrogen (secondary N) is 1. The Hall–Kier alpha value is -2.25. The Balaban J connectivity index is 1.97. The van der Waals surface area contributed by atoms with E-state index < -0.39 is 10.0 Å². The Kier molecular flexibility index (Phi) is 4.86. The van der Waals surface area contributed by atoms with Gasteiger partial charge in [0.05, 0.1) is 17.7 Å². The molecule has 1 aliphatic rings. The smallest absolute Gasteiger partial charge is 0.262 e. The van der Waals surface area contributed by atoms with Crippen LogP contribution >= 0.6 is 11.6 Å². The second-order valence-corrected chi connectivity index (χ2v) is 8.24. The summed E-state index contributed by atoms with van der Waals surface area (Å²) in [5, 5.41) is 0.492. The molecule has 2 aromatic carbocycles. The van der Waals surface area contributed by atoms with E-state index in [0.717, 1.165) is 16.8 Å². The first-order valence-corrected chi connectivity index (χ1v) is 9.85. The molecule has 3 rings (SSSR count). The zero-order chi connectivity index (χ0) is 19.1. The summed E-state index contributed by atoms with van der Waals surface area (Å²) in [7, 11) is -0.679. The maximum atomic E-state index is 12.8. The molecule has 1 amide bonds. The third kappa shape index (κ3) is 3.37. The van der Waals surface area contributed by atoms with Crippen LogP contribution in [-0.4, -0.2) is 28.5 Å². The van der Waals surface area contributed by atoms with Crippen LogP contribution in [0.5, 0.6) is 5.75 Å². The van der Waals surface area contributed by atoms with Crippen LogP contribution in [0.4, 0.5) is 11.4 Å². The minimum atomic E-state index is -3.82. The van der Waals surface area contributed by atoms with Crippen molar-refractivity contribution >= 4 is 38.9 Å². The highest BCUT2D eigenvalue weighted by Gasteiger charge is 2.24. The number of methoxy groups -OCH3 is 1. The molecule has 0 aliphatic carbocycles. The molecule has 0 aromatic heterocycles. The molecule has 0 saturated carbocycles. The lowest BCUT2D eigenvalue weighted by Crippen LogP contribution is -2.31. The Bertz CT molecular complexity index is 989. The van der Waals surface area contributed by atoms with E-state index in [4.69, 9.17) is 16.3 Å². The Labute approximate surface area is 157 Å². The van der Waals surface area contributed by atoms with E-state index in [-0.39, 0.29) is 10.8 Å². The number of ether oxygens (including phenoxy) is 1. The molecule has 138 valence electrons. The molecular weight excluding hydrogens is 376 g/mol. The number of sulfonamides is 1. The number of amides is 1. The van der Waals surface area contributed by atoms with Crippen molar-refractivity contribution in [2.75, 3.05) is 23.8 Å². The van der Waals surface area contributed by atoms with E-state index in [1.165, 1.54) is 13.2 Å². The minimum Gasteiger partial charge on any atom is -0.495 e. The number of hydrogen-bond acceptors (Lipinski definition) is 4. The molecule has 0 saturated heterocycles. The lowest BCUT2D eigenvalue weighted by atomic mass is 10.0. The molecule has 0 unspecified atom stereocenters. The fourth-order valence-electron chi connectivity index (χ4n) is 2.92. The molecule has 0 radical (unpaired) electrons. The number of halogens is 1. The third-order valence-electron chi connectivity index (χ3n) is 4.43. The first-order chi connectivity index (χ1) is 12.2. The number of rotatable bonds is 4. The highest BCUT2D eigenvalue weighted by Crippen LogP contribution is 2.34. The van der Waals surface area contributed by atoms with E-state index in [2.05, 4.69) is 4.72 Å². The zero-order valence-corrected chi connectivity index (χ0v) is 16.2. The van der Waals surface area contributed by atoms with Gasteiger partial charge in [0.1, 0.15) is 5.75 Å². The van der Waals surface area contributed by atoms with Crippen molar-refractivity contribution in [1.29, 1.82) is 0 Å². The predicted molar refractivity (Wildman–Crippen MR) is 102 cm³/mol. The fraction of sp³-hybridized carbons (Fsp3) is 0.278. The quantitative estimate of drug-likeness (QED) is 0.862. The Morgan fingerprint density at radius 1 is 1.19 bits per heavy atom. The summed E-state index contributed by atoms with van der Waals surface area (Å²) in [5.74, 6) is 0.361. The van der Waals surface area contributed by atoms with E-state index in [9.17, 15) is 13.2 Å². The SMILES string of the molecule is COc1cc(Cl)c(C)cc1NS(=O)(=O)c1ccc2c(c1)CCC(=O)N2C. The first-order valence-electron chi connectivity index (χ1n) is 7.99. The van der Waals surface area contributed by atoms with Crippen LogP contribution in [0.2, 0.25) is 5.02 Å². The zero-order valence-electron chi connectivity index (χ0n) is 14.7. The van der Waals surface area contributed by atoms with Gasteiger partial charge >= 0.3 is 0 Å². The van der Waals surface area contributed by atoms with Gasteiger partial charge in [-0.3, -0.25) is 9.52 Å². The molecule has 1 heterocycles. The molecule has 8 heteroatoms. The number of carbonyl (C=O) groups is 1. The van der Waals surface area contributed by atoms with Crippen LogP contribution in [0, 0.1) is 6.92 Å². The average molecular weight is 395 g/mol. The number of hydrogen-bond donors (Lipinski definition) is 1. The normalized spacial score (nSPS) is 14.2. The highest BCUT2D eigenvalue weighted by molar-refractivity contribution is 7.92. The summed E-state index contributed by atoms with van der Waals surface area (Å²) in [6.45, 7) is 1.78. The number of anilines is 2. The van der Waals surface area contributed by atoms with Gasteiger partial charge < -0.3 is 9.64 Å². The summed E-state index contributed by atoms with van der Waals surface area (Å²) in [6, 6.07) is 7.96. The van der Waals surface area contributed by atoms with Gasteiger partial charge in [0, 0.05) is 30.2 Å². The average Bonchev–Trinajstić information content (AvgIpc) is 2.60. The molecular formula is C18H19ClN2O4S. The summed E-state index contributed by atoms with van der Waals surface area (Å²) < 4.78 is 33.4. The fourth-order valence-corrected chi connectivity index (χ4v) is 4.18. The predicted octanol–water partition coefficient (Wildman–Crippen LogP) is 3.37. The summed E-state index contributed by atoms with van der Waals surface area (Å²) in [4.78, 5) is 13.5. The van der Waals surface area contributed by atoms with E-state index in [0.29, 0.717) is 29.3 Å². The minimum absolute atomic E-state index is 0.0209. The third-order valence-corrected chi connectivity index (χ3v) is 6.20. The summed E-state index contributed by atoms with van der Waals surface area (Å²) in [6.07, 6.45) is 0.885. The molecule has 0 bridgehead atoms. The molecule has 1 aliphatic heterocycles. The van der Waals surface area contributed by atoms with Crippen LogP contribution in [0.15, 0.2) is 35.2 Å². The molecule has 26 heavy (non-hydrogen) atoms. The number of carbonyl (C=O) groups excluding carboxylic acids is 1. The van der Waals surface area contributed by atoms with E-state index >= 15 is 0 Å². The number of fused-ring (bicyclic) bond motifs is 1. The van der Waals surface area contributed by atoms with Crippen molar-refractivity contribution in [1.82, 2.24) is 0 Å². The maximum Gasteiger partial charge on any atom is 0.262 e. The lowest BCUT2D eigenvalue weighted by Gasteiger charge is -2.26. The van der Waals surface area contributed by atoms with Crippen LogP contribution < -0.4 is 14.4 Å². The van der Waals surface area contributed by atoms with Gasteiger partial charge in [-0.15, -0.1) is 0 Å². The molecule has 6 nitrogen and oxygen atoms in total. The maximum absolute atomic E-state index is 12.8. The molecule has 0 spiro atoms. The van der Waals surface area contributed by atoms with E-state index in [1.54, 1.807) is 43.1 Å². The second-order valence-electron chi connectivity index (χ2n) is 6.15. The van der Waals surface area contributed by atoms with Crippen molar-refractivity contribution in [3.63, 3.8) is 0 Å². The molecule has 0 fully saturated rings. The van der Waals surface area contributed by atoms with Crippen molar-refractivity contribution in [2.24, 2.45) is 0 Å². The monoisotopic (exact) mass is 394 g/mol. The van der Waals surface area contributed by atoms with Crippen LogP contribution in [0.1, 0.15) is 17.5 Å². The number of nitrogens with zero attached hydrogens (tertiary/aromatic N) is 1. The Morgan fingerprint density at radius 2 is 1.92 bits per heavy atom.